The van der Waals surface area contributed by atoms with Gasteiger partial charge in [-0.3, -0.25) is 0 Å². The third-order valence-electron chi connectivity index (χ3n) is 10.3. The Morgan fingerprint density at radius 1 is 0.560 bits per heavy atom. The van der Waals surface area contributed by atoms with Gasteiger partial charge in [-0.15, -0.1) is 11.3 Å². The van der Waals surface area contributed by atoms with Gasteiger partial charge < -0.3 is 4.90 Å². The van der Waals surface area contributed by atoms with Crippen LogP contribution in [0.5, 0.6) is 0 Å². The monoisotopic (exact) mass is 657 g/mol. The third-order valence-corrected chi connectivity index (χ3v) is 11.6. The van der Waals surface area contributed by atoms with Crippen molar-refractivity contribution in [1.29, 1.82) is 0 Å². The molecule has 0 bridgehead atoms. The molecule has 1 aromatic heterocycles. The molecule has 0 N–H and O–H groups in total. The van der Waals surface area contributed by atoms with Gasteiger partial charge in [0.25, 0.3) is 0 Å². The van der Waals surface area contributed by atoms with E-state index in [1.165, 1.54) is 70.4 Å². The lowest BCUT2D eigenvalue weighted by Crippen LogP contribution is -2.28. The van der Waals surface area contributed by atoms with Crippen LogP contribution >= 0.6 is 11.3 Å². The van der Waals surface area contributed by atoms with Crippen LogP contribution in [0.15, 0.2) is 183 Å². The maximum atomic E-state index is 3.91. The Labute approximate surface area is 297 Å². The third kappa shape index (κ3) is 4.53. The van der Waals surface area contributed by atoms with Gasteiger partial charge in [0.2, 0.25) is 0 Å². The van der Waals surface area contributed by atoms with Crippen LogP contribution in [0.2, 0.25) is 0 Å². The highest BCUT2D eigenvalue weighted by molar-refractivity contribution is 7.26. The molecule has 0 atom stereocenters. The molecule has 7 aromatic carbocycles. The van der Waals surface area contributed by atoms with E-state index in [0.29, 0.717) is 0 Å². The molecule has 1 nitrogen and oxygen atoms in total. The van der Waals surface area contributed by atoms with Crippen molar-refractivity contribution in [3.8, 4) is 11.1 Å². The van der Waals surface area contributed by atoms with Crippen molar-refractivity contribution in [1.82, 2.24) is 0 Å². The highest BCUT2D eigenvalue weighted by Gasteiger charge is 2.45. The van der Waals surface area contributed by atoms with Gasteiger partial charge in [0.05, 0.1) is 15.8 Å². The predicted molar refractivity (Wildman–Crippen MR) is 215 cm³/mol. The smallest absolute Gasteiger partial charge is 0.0713 e. The molecule has 238 valence electrons. The Morgan fingerprint density at radius 3 is 1.90 bits per heavy atom. The second-order valence-electron chi connectivity index (χ2n) is 12.9. The van der Waals surface area contributed by atoms with Crippen LogP contribution in [0.25, 0.3) is 37.4 Å². The number of anilines is 3. The average molecular weight is 658 g/mol. The molecule has 0 unspecified atom stereocenters. The Kier molecular flexibility index (Phi) is 7.34. The number of rotatable bonds is 7. The lowest BCUT2D eigenvalue weighted by molar-refractivity contribution is 0.768. The second-order valence-corrected chi connectivity index (χ2v) is 14.0. The fraction of sp³-hybridized carbons (Fsp3) is 0.0417. The lowest BCUT2D eigenvalue weighted by atomic mass is 9.68. The molecule has 8 aromatic rings. The first-order chi connectivity index (χ1) is 24.7. The largest absolute Gasteiger partial charge is 0.309 e. The quantitative estimate of drug-likeness (QED) is 0.154. The zero-order chi connectivity index (χ0) is 33.7. The van der Waals surface area contributed by atoms with Crippen molar-refractivity contribution in [2.75, 3.05) is 4.90 Å². The van der Waals surface area contributed by atoms with Crippen LogP contribution in [0, 0.1) is 6.92 Å². The van der Waals surface area contributed by atoms with Gasteiger partial charge in [-0.2, -0.15) is 0 Å². The number of fused-ring (bicyclic) bond motifs is 6. The summed E-state index contributed by atoms with van der Waals surface area (Å²) >= 11 is 1.87. The molecule has 0 aliphatic heterocycles. The molecule has 0 saturated carbocycles. The SMILES string of the molecule is C=C/C=C\c1cccc(N(c2ccc(C3(c4ccccc4)c4ccccc4-c4ccccc43)cc2)c2cccc3c2sc2ccccc23)c1C. The van der Waals surface area contributed by atoms with Gasteiger partial charge >= 0.3 is 0 Å². The van der Waals surface area contributed by atoms with E-state index >= 15 is 0 Å². The first-order valence-corrected chi connectivity index (χ1v) is 18.0. The Balaban J connectivity index is 1.29. The number of benzene rings is 7. The van der Waals surface area contributed by atoms with Crippen molar-refractivity contribution < 1.29 is 0 Å². The molecule has 0 radical (unpaired) electrons. The van der Waals surface area contributed by atoms with E-state index in [4.69, 9.17) is 0 Å². The number of hydrogen-bond acceptors (Lipinski definition) is 2. The molecule has 2 heteroatoms. The summed E-state index contributed by atoms with van der Waals surface area (Å²) in [6, 6.07) is 60.3. The molecule has 0 saturated heterocycles. The summed E-state index contributed by atoms with van der Waals surface area (Å²) in [7, 11) is 0. The van der Waals surface area contributed by atoms with Crippen LogP contribution in [0.4, 0.5) is 17.1 Å². The van der Waals surface area contributed by atoms with Crippen molar-refractivity contribution in [2.24, 2.45) is 0 Å². The topological polar surface area (TPSA) is 3.24 Å². The molecular weight excluding hydrogens is 623 g/mol. The molecular formula is C48H35NS. The van der Waals surface area contributed by atoms with Gasteiger partial charge in [0.15, 0.2) is 0 Å². The Bertz CT molecular complexity index is 2530. The Hall–Kier alpha value is -5.96. The molecule has 50 heavy (non-hydrogen) atoms. The minimum atomic E-state index is -0.436. The van der Waals surface area contributed by atoms with Crippen LogP contribution < -0.4 is 4.90 Å². The molecule has 1 aliphatic carbocycles. The van der Waals surface area contributed by atoms with E-state index in [1.807, 2.05) is 23.5 Å². The van der Waals surface area contributed by atoms with Gasteiger partial charge in [-0.05, 0) is 81.8 Å². The van der Waals surface area contributed by atoms with E-state index in [9.17, 15) is 0 Å². The van der Waals surface area contributed by atoms with Crippen molar-refractivity contribution >= 4 is 54.6 Å². The van der Waals surface area contributed by atoms with Gasteiger partial charge in [0, 0.05) is 26.8 Å². The fourth-order valence-electron chi connectivity index (χ4n) is 8.12. The van der Waals surface area contributed by atoms with Gasteiger partial charge in [-0.25, -0.2) is 0 Å². The van der Waals surface area contributed by atoms with E-state index < -0.39 is 5.41 Å². The minimum Gasteiger partial charge on any atom is -0.309 e. The molecule has 0 amide bonds. The second kappa shape index (κ2) is 12.2. The Morgan fingerprint density at radius 2 is 1.16 bits per heavy atom. The first kappa shape index (κ1) is 30.1. The summed E-state index contributed by atoms with van der Waals surface area (Å²) < 4.78 is 2.58. The first-order valence-electron chi connectivity index (χ1n) is 17.1. The predicted octanol–water partition coefficient (Wildman–Crippen LogP) is 13.4. The van der Waals surface area contributed by atoms with E-state index in [0.717, 1.165) is 11.4 Å². The van der Waals surface area contributed by atoms with Crippen LogP contribution in [0.1, 0.15) is 33.4 Å². The highest BCUT2D eigenvalue weighted by Crippen LogP contribution is 2.56. The van der Waals surface area contributed by atoms with Crippen LogP contribution in [-0.4, -0.2) is 0 Å². The summed E-state index contributed by atoms with van der Waals surface area (Å²) in [4.78, 5) is 2.45. The molecule has 1 aliphatic rings. The standard InChI is InChI=1S/C48H35NS/c1-3-4-16-34-17-14-26-44(33(34)2)49(45-27-15-23-41-40-22-10-13-28-46(40)50-47(41)45)37-31-29-36(30-32-37)48(35-18-6-5-7-19-35)42-24-11-8-20-38(42)39-21-9-12-25-43(39)48/h3-32H,1H2,2H3/b16-4-. The summed E-state index contributed by atoms with van der Waals surface area (Å²) in [5.41, 5.74) is 13.2. The minimum absolute atomic E-state index is 0.436. The number of allylic oxidation sites excluding steroid dienone is 2. The lowest BCUT2D eigenvalue weighted by Gasteiger charge is -2.34. The number of hydrogen-bond donors (Lipinski definition) is 0. The normalized spacial score (nSPS) is 13.1. The van der Waals surface area contributed by atoms with Crippen molar-refractivity contribution in [3.63, 3.8) is 0 Å². The summed E-state index contributed by atoms with van der Waals surface area (Å²) in [6.45, 7) is 6.14. The van der Waals surface area contributed by atoms with Gasteiger partial charge in [0.1, 0.15) is 0 Å². The average Bonchev–Trinajstić information content (AvgIpc) is 3.71. The number of thiophene rings is 1. The van der Waals surface area contributed by atoms with Gasteiger partial charge in [-0.1, -0.05) is 158 Å². The summed E-state index contributed by atoms with van der Waals surface area (Å²) in [5, 5.41) is 2.58. The molecule has 1 heterocycles. The van der Waals surface area contributed by atoms with Crippen molar-refractivity contribution in [3.05, 3.63) is 216 Å². The summed E-state index contributed by atoms with van der Waals surface area (Å²) in [6.07, 6.45) is 5.99. The summed E-state index contributed by atoms with van der Waals surface area (Å²) in [5.74, 6) is 0. The maximum Gasteiger partial charge on any atom is 0.0713 e. The zero-order valence-electron chi connectivity index (χ0n) is 27.9. The zero-order valence-corrected chi connectivity index (χ0v) is 28.7. The molecule has 9 rings (SSSR count). The number of nitrogens with zero attached hydrogens (tertiary/aromatic N) is 1. The molecule has 0 fully saturated rings. The molecule has 0 spiro atoms. The van der Waals surface area contributed by atoms with E-state index in [-0.39, 0.29) is 0 Å². The fourth-order valence-corrected chi connectivity index (χ4v) is 9.33. The highest BCUT2D eigenvalue weighted by atomic mass is 32.1. The van der Waals surface area contributed by atoms with Crippen LogP contribution in [0.3, 0.4) is 0 Å². The van der Waals surface area contributed by atoms with E-state index in [1.54, 1.807) is 0 Å². The maximum absolute atomic E-state index is 3.91. The van der Waals surface area contributed by atoms with Crippen molar-refractivity contribution in [2.45, 2.75) is 12.3 Å². The van der Waals surface area contributed by atoms with E-state index in [2.05, 4.69) is 188 Å². The van der Waals surface area contributed by atoms with Crippen LogP contribution in [-0.2, 0) is 5.41 Å².